The summed E-state index contributed by atoms with van der Waals surface area (Å²) in [6.45, 7) is -0.0544. The van der Waals surface area contributed by atoms with Gasteiger partial charge in [0.2, 0.25) is 5.95 Å². The third-order valence-corrected chi connectivity index (χ3v) is 4.64. The predicted octanol–water partition coefficient (Wildman–Crippen LogP) is -0.413. The highest BCUT2D eigenvalue weighted by Crippen LogP contribution is 2.34. The van der Waals surface area contributed by atoms with E-state index in [2.05, 4.69) is 20.2 Å². The smallest absolute Gasteiger partial charge is 0.343 e. The van der Waals surface area contributed by atoms with Gasteiger partial charge in [0, 0.05) is 11.5 Å². The molecule has 0 radical (unpaired) electrons. The number of nitrogens with zero attached hydrogens (tertiary/aromatic N) is 5. The maximum absolute atomic E-state index is 11.8. The van der Waals surface area contributed by atoms with Crippen molar-refractivity contribution in [2.45, 2.75) is 19.1 Å². The van der Waals surface area contributed by atoms with Gasteiger partial charge in [-0.25, -0.2) is 19.7 Å². The van der Waals surface area contributed by atoms with Gasteiger partial charge in [-0.2, -0.15) is 10.1 Å². The quantitative estimate of drug-likeness (QED) is 0.536. The lowest BCUT2D eigenvalue weighted by atomic mass is 10.2. The Hall–Kier alpha value is -3.83. The molecule has 0 aliphatic carbocycles. The third kappa shape index (κ3) is 2.66. The number of aliphatic carboxylic acids is 1. The summed E-state index contributed by atoms with van der Waals surface area (Å²) in [6, 6.07) is 2.24. The monoisotopic (exact) mass is 387 g/mol. The minimum atomic E-state index is -1.12. The number of carbonyl (C=O) groups is 1. The van der Waals surface area contributed by atoms with Crippen LogP contribution >= 0.6 is 0 Å². The molecule has 1 aliphatic heterocycles. The molecule has 0 bridgehead atoms. The molecule has 12 nitrogen and oxygen atoms in total. The Bertz CT molecular complexity index is 1140. The first-order valence-electron chi connectivity index (χ1n) is 8.25. The largest absolute Gasteiger partial charge is 0.493 e. The molecule has 0 saturated carbocycles. The molecule has 146 valence electrons. The van der Waals surface area contributed by atoms with Crippen LogP contribution in [0.25, 0.3) is 10.9 Å². The number of rotatable bonds is 4. The molecule has 0 saturated heterocycles. The zero-order valence-electron chi connectivity index (χ0n) is 15.0. The van der Waals surface area contributed by atoms with Crippen LogP contribution in [-0.4, -0.2) is 56.1 Å². The molecule has 28 heavy (non-hydrogen) atoms. The summed E-state index contributed by atoms with van der Waals surface area (Å²) >= 11 is 0. The van der Waals surface area contributed by atoms with Crippen LogP contribution in [0.5, 0.6) is 11.5 Å². The van der Waals surface area contributed by atoms with E-state index in [9.17, 15) is 14.7 Å². The van der Waals surface area contributed by atoms with Gasteiger partial charge in [-0.1, -0.05) is 0 Å². The number of benzene rings is 1. The lowest BCUT2D eigenvalue weighted by Crippen LogP contribution is -2.50. The predicted molar refractivity (Wildman–Crippen MR) is 97.5 cm³/mol. The topological polar surface area (TPSA) is 161 Å². The standard InChI is InChI=1S/C16H17N7O5/c1-27-10-3-7-8(4-11(10)28-2)18-15(19-13(7)17)22-6-12-20-21-16(26)23(12)5-9(22)14(24)25/h3-4,9H,5-6H2,1-2H3,(H,21,26)(H,24,25)(H2,17,18,19). The molecule has 3 heterocycles. The lowest BCUT2D eigenvalue weighted by Gasteiger charge is -2.32. The molecule has 1 aliphatic rings. The SMILES string of the molecule is COc1cc2nc(N3Cc4n[nH]c(=O)n4CC3C(=O)O)nc(N)c2cc1OC. The molecule has 0 fully saturated rings. The van der Waals surface area contributed by atoms with Crippen molar-refractivity contribution in [2.75, 3.05) is 24.9 Å². The zero-order chi connectivity index (χ0) is 20.0. The number of aromatic nitrogens is 5. The van der Waals surface area contributed by atoms with Gasteiger partial charge in [0.25, 0.3) is 0 Å². The highest BCUT2D eigenvalue weighted by molar-refractivity contribution is 5.92. The lowest BCUT2D eigenvalue weighted by molar-refractivity contribution is -0.139. The number of nitrogens with one attached hydrogen (secondary N) is 1. The number of aromatic amines is 1. The van der Waals surface area contributed by atoms with Gasteiger partial charge in [-0.05, 0) is 6.07 Å². The number of carboxylic acids is 1. The van der Waals surface area contributed by atoms with E-state index in [4.69, 9.17) is 15.2 Å². The second-order valence-corrected chi connectivity index (χ2v) is 6.17. The maximum atomic E-state index is 11.8. The minimum Gasteiger partial charge on any atom is -0.493 e. The normalized spacial score (nSPS) is 16.1. The fourth-order valence-corrected chi connectivity index (χ4v) is 3.21. The Labute approximate surface area is 157 Å². The number of nitrogens with two attached hydrogens (primary N) is 1. The molecule has 4 N–H and O–H groups in total. The average molecular weight is 387 g/mol. The average Bonchev–Trinajstić information content (AvgIpc) is 3.06. The van der Waals surface area contributed by atoms with Crippen LogP contribution in [0.3, 0.4) is 0 Å². The van der Waals surface area contributed by atoms with Crippen LogP contribution in [-0.2, 0) is 17.9 Å². The summed E-state index contributed by atoms with van der Waals surface area (Å²) in [5.74, 6) is 0.473. The maximum Gasteiger partial charge on any atom is 0.343 e. The van der Waals surface area contributed by atoms with Crippen molar-refractivity contribution in [1.82, 2.24) is 24.7 Å². The number of methoxy groups -OCH3 is 2. The van der Waals surface area contributed by atoms with Crippen molar-refractivity contribution in [2.24, 2.45) is 0 Å². The highest BCUT2D eigenvalue weighted by Gasteiger charge is 2.35. The fraction of sp³-hybridized carbons (Fsp3) is 0.312. The van der Waals surface area contributed by atoms with Gasteiger partial charge < -0.3 is 25.2 Å². The Kier molecular flexibility index (Phi) is 4.02. The molecule has 1 atom stereocenters. The molecule has 3 aromatic rings. The van der Waals surface area contributed by atoms with Crippen molar-refractivity contribution < 1.29 is 19.4 Å². The molecule has 12 heteroatoms. The number of hydrogen-bond acceptors (Lipinski definition) is 9. The summed E-state index contributed by atoms with van der Waals surface area (Å²) in [5, 5.41) is 16.4. The van der Waals surface area contributed by atoms with E-state index in [1.54, 1.807) is 12.1 Å². The van der Waals surface area contributed by atoms with Crippen LogP contribution in [0.4, 0.5) is 11.8 Å². The first kappa shape index (κ1) is 17.6. The van der Waals surface area contributed by atoms with Crippen LogP contribution < -0.4 is 25.8 Å². The zero-order valence-corrected chi connectivity index (χ0v) is 15.0. The van der Waals surface area contributed by atoms with Gasteiger partial charge in [-0.15, -0.1) is 0 Å². The van der Waals surface area contributed by atoms with Gasteiger partial charge in [-0.3, -0.25) is 4.57 Å². The summed E-state index contributed by atoms with van der Waals surface area (Å²) in [5.41, 5.74) is 6.11. The minimum absolute atomic E-state index is 0.0357. The number of nitrogen functional groups attached to an aromatic ring is 1. The molecule has 0 spiro atoms. The van der Waals surface area contributed by atoms with Crippen molar-refractivity contribution >= 4 is 28.6 Å². The van der Waals surface area contributed by atoms with Crippen molar-refractivity contribution in [1.29, 1.82) is 0 Å². The van der Waals surface area contributed by atoms with Crippen LogP contribution in [0.1, 0.15) is 5.82 Å². The summed E-state index contributed by atoms with van der Waals surface area (Å²) in [7, 11) is 3.00. The van der Waals surface area contributed by atoms with Crippen molar-refractivity contribution in [3.8, 4) is 11.5 Å². The molecular formula is C16H17N7O5. The number of anilines is 2. The second kappa shape index (κ2) is 6.40. The van der Waals surface area contributed by atoms with Gasteiger partial charge >= 0.3 is 11.7 Å². The van der Waals surface area contributed by atoms with Crippen LogP contribution in [0, 0.1) is 0 Å². The molecule has 0 amide bonds. The van der Waals surface area contributed by atoms with E-state index < -0.39 is 17.7 Å². The third-order valence-electron chi connectivity index (χ3n) is 4.64. The number of H-pyrrole nitrogens is 1. The number of hydrogen-bond donors (Lipinski definition) is 3. The number of fused-ring (bicyclic) bond motifs is 2. The van der Waals surface area contributed by atoms with E-state index in [1.165, 1.54) is 23.7 Å². The molecule has 4 rings (SSSR count). The van der Waals surface area contributed by atoms with E-state index in [0.29, 0.717) is 28.2 Å². The fourth-order valence-electron chi connectivity index (χ4n) is 3.21. The van der Waals surface area contributed by atoms with Crippen molar-refractivity contribution in [3.05, 3.63) is 28.4 Å². The summed E-state index contributed by atoms with van der Waals surface area (Å²) in [6.07, 6.45) is 0. The first-order chi connectivity index (χ1) is 13.4. The summed E-state index contributed by atoms with van der Waals surface area (Å²) < 4.78 is 11.8. The second-order valence-electron chi connectivity index (χ2n) is 6.17. The van der Waals surface area contributed by atoms with E-state index in [-0.39, 0.29) is 24.9 Å². The molecular weight excluding hydrogens is 370 g/mol. The Morgan fingerprint density at radius 3 is 2.68 bits per heavy atom. The van der Waals surface area contributed by atoms with E-state index in [0.717, 1.165) is 0 Å². The van der Waals surface area contributed by atoms with E-state index in [1.807, 2.05) is 0 Å². The number of ether oxygens (including phenoxy) is 2. The van der Waals surface area contributed by atoms with Crippen LogP contribution in [0.2, 0.25) is 0 Å². The first-order valence-corrected chi connectivity index (χ1v) is 8.25. The van der Waals surface area contributed by atoms with Gasteiger partial charge in [0.15, 0.2) is 17.3 Å². The van der Waals surface area contributed by atoms with Gasteiger partial charge in [0.1, 0.15) is 11.9 Å². The van der Waals surface area contributed by atoms with Gasteiger partial charge in [0.05, 0.1) is 32.8 Å². The summed E-state index contributed by atoms with van der Waals surface area (Å²) in [4.78, 5) is 33.8. The Balaban J connectivity index is 1.85. The van der Waals surface area contributed by atoms with Crippen molar-refractivity contribution in [3.63, 3.8) is 0 Å². The highest BCUT2D eigenvalue weighted by atomic mass is 16.5. The molecule has 1 unspecified atom stereocenters. The molecule has 1 aromatic carbocycles. The Morgan fingerprint density at radius 2 is 2.00 bits per heavy atom. The molecule has 2 aromatic heterocycles. The van der Waals surface area contributed by atoms with E-state index >= 15 is 0 Å². The Morgan fingerprint density at radius 1 is 1.29 bits per heavy atom. The number of carboxylic acid groups (broad SMARTS) is 1. The van der Waals surface area contributed by atoms with Crippen LogP contribution in [0.15, 0.2) is 16.9 Å².